The lowest BCUT2D eigenvalue weighted by Gasteiger charge is -1.92. The first kappa shape index (κ1) is 10.6. The van der Waals surface area contributed by atoms with E-state index in [0.717, 1.165) is 23.7 Å². The Morgan fingerprint density at radius 2 is 1.67 bits per heavy atom. The summed E-state index contributed by atoms with van der Waals surface area (Å²) in [4.78, 5) is 19.0. The molecule has 0 amide bonds. The van der Waals surface area contributed by atoms with Gasteiger partial charge in [0.25, 0.3) is 0 Å². The van der Waals surface area contributed by atoms with Crippen LogP contribution in [-0.2, 0) is 4.79 Å². The minimum atomic E-state index is 0.750. The maximum atomic E-state index is 10.2. The molecular formula is C10H12O2. The number of hydrogen-bond donors (Lipinski definition) is 0. The quantitative estimate of drug-likeness (QED) is 0.595. The Hall–Kier alpha value is -1.44. The number of hydrogen-bond acceptors (Lipinski definition) is 2. The molecule has 12 heavy (non-hydrogen) atoms. The predicted molar refractivity (Wildman–Crippen MR) is 48.3 cm³/mol. The number of carbonyl (C=O) groups excluding carboxylic acids is 2. The second-order valence-corrected chi connectivity index (χ2v) is 2.21. The standard InChI is InChI=1S/C8H8O.C2H4O/c1-7-4-2-3-5-8(7)6-9;1-2-3/h2-6H,1H3;2H,1H3. The summed E-state index contributed by atoms with van der Waals surface area (Å²) < 4.78 is 0. The van der Waals surface area contributed by atoms with Crippen LogP contribution >= 0.6 is 0 Å². The molecule has 0 aliphatic heterocycles. The van der Waals surface area contributed by atoms with Gasteiger partial charge in [0.1, 0.15) is 12.6 Å². The van der Waals surface area contributed by atoms with E-state index < -0.39 is 0 Å². The van der Waals surface area contributed by atoms with Gasteiger partial charge in [-0.25, -0.2) is 0 Å². The maximum Gasteiger partial charge on any atom is 0.150 e. The van der Waals surface area contributed by atoms with Gasteiger partial charge in [-0.15, -0.1) is 0 Å². The highest BCUT2D eigenvalue weighted by Gasteiger charge is 1.90. The van der Waals surface area contributed by atoms with Crippen molar-refractivity contribution >= 4 is 12.6 Å². The lowest BCUT2D eigenvalue weighted by molar-refractivity contribution is -0.106. The van der Waals surface area contributed by atoms with Gasteiger partial charge < -0.3 is 4.79 Å². The average Bonchev–Trinajstić information content (AvgIpc) is 2.07. The van der Waals surface area contributed by atoms with Gasteiger partial charge in [-0.1, -0.05) is 24.3 Å². The van der Waals surface area contributed by atoms with Crippen molar-refractivity contribution in [3.63, 3.8) is 0 Å². The monoisotopic (exact) mass is 164 g/mol. The van der Waals surface area contributed by atoms with E-state index in [4.69, 9.17) is 4.79 Å². The number of rotatable bonds is 1. The number of carbonyl (C=O) groups is 2. The van der Waals surface area contributed by atoms with Crippen molar-refractivity contribution in [3.05, 3.63) is 35.4 Å². The van der Waals surface area contributed by atoms with E-state index in [0.29, 0.717) is 0 Å². The van der Waals surface area contributed by atoms with Crippen LogP contribution in [0, 0.1) is 6.92 Å². The van der Waals surface area contributed by atoms with Crippen molar-refractivity contribution < 1.29 is 9.59 Å². The van der Waals surface area contributed by atoms with E-state index in [2.05, 4.69) is 0 Å². The number of aldehydes is 2. The van der Waals surface area contributed by atoms with Crippen molar-refractivity contribution in [1.82, 2.24) is 0 Å². The molecule has 0 unspecified atom stereocenters. The van der Waals surface area contributed by atoms with Crippen LogP contribution in [0.2, 0.25) is 0 Å². The second-order valence-electron chi connectivity index (χ2n) is 2.21. The minimum Gasteiger partial charge on any atom is -0.304 e. The van der Waals surface area contributed by atoms with Crippen LogP contribution in [0.25, 0.3) is 0 Å². The SMILES string of the molecule is CC=O.Cc1ccccc1C=O. The molecule has 0 atom stereocenters. The molecule has 1 aromatic rings. The molecule has 2 heteroatoms. The second kappa shape index (κ2) is 6.28. The summed E-state index contributed by atoms with van der Waals surface area (Å²) >= 11 is 0. The normalized spacial score (nSPS) is 7.83. The lowest BCUT2D eigenvalue weighted by Crippen LogP contribution is -1.82. The van der Waals surface area contributed by atoms with E-state index in [1.165, 1.54) is 6.92 Å². The third kappa shape index (κ3) is 3.66. The Balaban J connectivity index is 0.000000354. The predicted octanol–water partition coefficient (Wildman–Crippen LogP) is 2.01. The summed E-state index contributed by atoms with van der Waals surface area (Å²) in [5.74, 6) is 0. The van der Waals surface area contributed by atoms with Gasteiger partial charge in [-0.3, -0.25) is 4.79 Å². The van der Waals surface area contributed by atoms with Gasteiger partial charge in [0.05, 0.1) is 0 Å². The van der Waals surface area contributed by atoms with Crippen LogP contribution in [0.1, 0.15) is 22.8 Å². The highest BCUT2D eigenvalue weighted by molar-refractivity contribution is 5.76. The van der Waals surface area contributed by atoms with Crippen LogP contribution in [0.5, 0.6) is 0 Å². The van der Waals surface area contributed by atoms with E-state index in [9.17, 15) is 4.79 Å². The fraction of sp³-hybridized carbons (Fsp3) is 0.200. The molecule has 0 saturated heterocycles. The summed E-state index contributed by atoms with van der Waals surface area (Å²) in [6.45, 7) is 3.36. The van der Waals surface area contributed by atoms with E-state index in [-0.39, 0.29) is 0 Å². The molecule has 1 rings (SSSR count). The molecule has 0 radical (unpaired) electrons. The molecular weight excluding hydrogens is 152 g/mol. The molecule has 1 aromatic carbocycles. The van der Waals surface area contributed by atoms with Crippen molar-refractivity contribution in [2.24, 2.45) is 0 Å². The minimum absolute atomic E-state index is 0.750. The fourth-order valence-electron chi connectivity index (χ4n) is 0.719. The lowest BCUT2D eigenvalue weighted by atomic mass is 10.1. The molecule has 0 spiro atoms. The van der Waals surface area contributed by atoms with Gasteiger partial charge in [-0.05, 0) is 19.4 Å². The van der Waals surface area contributed by atoms with Gasteiger partial charge in [0.15, 0.2) is 0 Å². The Morgan fingerprint density at radius 1 is 1.17 bits per heavy atom. The highest BCUT2D eigenvalue weighted by atomic mass is 16.1. The molecule has 0 fully saturated rings. The first-order chi connectivity index (χ1) is 5.76. The smallest absolute Gasteiger partial charge is 0.150 e. The highest BCUT2D eigenvalue weighted by Crippen LogP contribution is 2.02. The van der Waals surface area contributed by atoms with Crippen molar-refractivity contribution in [3.8, 4) is 0 Å². The van der Waals surface area contributed by atoms with Crippen molar-refractivity contribution in [1.29, 1.82) is 0 Å². The fourth-order valence-corrected chi connectivity index (χ4v) is 0.719. The van der Waals surface area contributed by atoms with Crippen LogP contribution in [0.3, 0.4) is 0 Å². The first-order valence-corrected chi connectivity index (χ1v) is 3.66. The number of aryl methyl sites for hydroxylation is 1. The zero-order valence-electron chi connectivity index (χ0n) is 7.28. The Kier molecular flexibility index (Phi) is 5.53. The summed E-state index contributed by atoms with van der Waals surface area (Å²) in [5.41, 5.74) is 1.81. The summed E-state index contributed by atoms with van der Waals surface area (Å²) in [6.07, 6.45) is 1.62. The molecule has 0 N–H and O–H groups in total. The summed E-state index contributed by atoms with van der Waals surface area (Å²) in [6, 6.07) is 7.51. The van der Waals surface area contributed by atoms with Crippen LogP contribution in [0.15, 0.2) is 24.3 Å². The van der Waals surface area contributed by atoms with E-state index >= 15 is 0 Å². The molecule has 0 aliphatic carbocycles. The zero-order chi connectivity index (χ0) is 9.40. The Morgan fingerprint density at radius 3 is 2.00 bits per heavy atom. The van der Waals surface area contributed by atoms with Gasteiger partial charge in [0.2, 0.25) is 0 Å². The molecule has 0 aliphatic rings. The first-order valence-electron chi connectivity index (χ1n) is 3.66. The van der Waals surface area contributed by atoms with Crippen LogP contribution in [-0.4, -0.2) is 12.6 Å². The Bertz CT molecular complexity index is 254. The zero-order valence-corrected chi connectivity index (χ0v) is 7.28. The van der Waals surface area contributed by atoms with Crippen molar-refractivity contribution in [2.45, 2.75) is 13.8 Å². The maximum absolute atomic E-state index is 10.2. The third-order valence-corrected chi connectivity index (χ3v) is 1.32. The molecule has 0 heterocycles. The van der Waals surface area contributed by atoms with Gasteiger partial charge >= 0.3 is 0 Å². The molecule has 0 bridgehead atoms. The summed E-state index contributed by atoms with van der Waals surface area (Å²) in [7, 11) is 0. The molecule has 0 aromatic heterocycles. The Labute approximate surface area is 72.2 Å². The van der Waals surface area contributed by atoms with E-state index in [1.54, 1.807) is 0 Å². The third-order valence-electron chi connectivity index (χ3n) is 1.32. The largest absolute Gasteiger partial charge is 0.304 e. The average molecular weight is 164 g/mol. The number of benzene rings is 1. The molecule has 64 valence electrons. The van der Waals surface area contributed by atoms with E-state index in [1.807, 2.05) is 31.2 Å². The van der Waals surface area contributed by atoms with Gasteiger partial charge in [-0.2, -0.15) is 0 Å². The molecule has 2 nitrogen and oxygen atoms in total. The van der Waals surface area contributed by atoms with Gasteiger partial charge in [0, 0.05) is 5.56 Å². The topological polar surface area (TPSA) is 34.1 Å². The van der Waals surface area contributed by atoms with Crippen LogP contribution < -0.4 is 0 Å². The molecule has 0 saturated carbocycles. The van der Waals surface area contributed by atoms with Crippen molar-refractivity contribution in [2.75, 3.05) is 0 Å². The van der Waals surface area contributed by atoms with Crippen LogP contribution in [0.4, 0.5) is 0 Å². The summed E-state index contributed by atoms with van der Waals surface area (Å²) in [5, 5.41) is 0.